The topological polar surface area (TPSA) is 63.2 Å². The van der Waals surface area contributed by atoms with E-state index in [4.69, 9.17) is 16.3 Å². The smallest absolute Gasteiger partial charge is 0.253 e. The Kier molecular flexibility index (Phi) is 5.94. The Morgan fingerprint density at radius 2 is 1.93 bits per heavy atom. The van der Waals surface area contributed by atoms with Crippen LogP contribution in [0.25, 0.3) is 0 Å². The monoisotopic (exact) mass is 381 g/mol. The molecule has 27 heavy (non-hydrogen) atoms. The highest BCUT2D eigenvalue weighted by Crippen LogP contribution is 2.26. The number of amides is 1. The Morgan fingerprint density at radius 1 is 1.15 bits per heavy atom. The van der Waals surface area contributed by atoms with Crippen molar-refractivity contribution in [1.82, 2.24) is 10.3 Å². The average molecular weight is 382 g/mol. The molecule has 1 heterocycles. The summed E-state index contributed by atoms with van der Waals surface area (Å²) in [6.07, 6.45) is 3.21. The lowest BCUT2D eigenvalue weighted by Crippen LogP contribution is -2.23. The molecule has 5 nitrogen and oxygen atoms in total. The van der Waals surface area contributed by atoms with Crippen LogP contribution in [0.2, 0.25) is 5.02 Å². The Bertz CT molecular complexity index is 942. The summed E-state index contributed by atoms with van der Waals surface area (Å²) in [4.78, 5) is 16.6. The molecule has 0 fully saturated rings. The molecule has 1 amide bonds. The van der Waals surface area contributed by atoms with Crippen LogP contribution in [0.15, 0.2) is 60.9 Å². The van der Waals surface area contributed by atoms with Crippen LogP contribution >= 0.6 is 11.6 Å². The van der Waals surface area contributed by atoms with E-state index in [9.17, 15) is 4.79 Å². The summed E-state index contributed by atoms with van der Waals surface area (Å²) >= 11 is 6.15. The van der Waals surface area contributed by atoms with Gasteiger partial charge in [0, 0.05) is 23.5 Å². The fraction of sp³-hybridized carbons (Fsp3) is 0.143. The van der Waals surface area contributed by atoms with Crippen molar-refractivity contribution in [3.05, 3.63) is 82.6 Å². The Labute approximate surface area is 163 Å². The van der Waals surface area contributed by atoms with Crippen LogP contribution in [0.4, 0.5) is 11.4 Å². The number of halogens is 1. The number of hydrogen-bond acceptors (Lipinski definition) is 4. The van der Waals surface area contributed by atoms with Crippen molar-refractivity contribution in [3.63, 3.8) is 0 Å². The first-order valence-electron chi connectivity index (χ1n) is 8.45. The predicted octanol–water partition coefficient (Wildman–Crippen LogP) is 4.73. The molecule has 0 radical (unpaired) electrons. The molecule has 0 aliphatic heterocycles. The van der Waals surface area contributed by atoms with Gasteiger partial charge in [-0.2, -0.15) is 0 Å². The van der Waals surface area contributed by atoms with Crippen molar-refractivity contribution in [2.24, 2.45) is 0 Å². The molecule has 0 aliphatic carbocycles. The van der Waals surface area contributed by atoms with Gasteiger partial charge in [-0.05, 0) is 48.4 Å². The van der Waals surface area contributed by atoms with E-state index in [-0.39, 0.29) is 5.91 Å². The molecule has 0 aliphatic rings. The first-order valence-corrected chi connectivity index (χ1v) is 8.83. The maximum absolute atomic E-state index is 12.4. The Hall–Kier alpha value is -3.05. The van der Waals surface area contributed by atoms with Gasteiger partial charge < -0.3 is 15.4 Å². The zero-order chi connectivity index (χ0) is 19.2. The number of aromatic nitrogens is 1. The van der Waals surface area contributed by atoms with Crippen LogP contribution in [0.1, 0.15) is 21.5 Å². The van der Waals surface area contributed by atoms with Gasteiger partial charge in [-0.1, -0.05) is 29.8 Å². The molecule has 0 bridgehead atoms. The third kappa shape index (κ3) is 4.77. The van der Waals surface area contributed by atoms with Crippen molar-refractivity contribution in [2.45, 2.75) is 13.5 Å². The molecule has 0 saturated heterocycles. The molecular formula is C21H20ClN3O2. The normalized spacial score (nSPS) is 10.3. The van der Waals surface area contributed by atoms with Gasteiger partial charge in [0.1, 0.15) is 5.75 Å². The number of hydrogen-bond donors (Lipinski definition) is 2. The maximum Gasteiger partial charge on any atom is 0.253 e. The second-order valence-corrected chi connectivity index (χ2v) is 6.44. The summed E-state index contributed by atoms with van der Waals surface area (Å²) in [6.45, 7) is 2.36. The molecule has 0 spiro atoms. The second-order valence-electron chi connectivity index (χ2n) is 6.03. The summed E-state index contributed by atoms with van der Waals surface area (Å²) in [5.74, 6) is 0.592. The van der Waals surface area contributed by atoms with Crippen LogP contribution < -0.4 is 15.4 Å². The van der Waals surface area contributed by atoms with Crippen LogP contribution in [0.3, 0.4) is 0 Å². The number of methoxy groups -OCH3 is 1. The molecule has 3 rings (SSSR count). The SMILES string of the molecule is COc1ccc(CNC(=O)c2cncc(Nc3cccc(Cl)c3C)c2)cc1. The van der Waals surface area contributed by atoms with Gasteiger partial charge in [0.2, 0.25) is 0 Å². The summed E-state index contributed by atoms with van der Waals surface area (Å²) in [6, 6.07) is 14.9. The lowest BCUT2D eigenvalue weighted by molar-refractivity contribution is 0.0950. The van der Waals surface area contributed by atoms with E-state index in [1.165, 1.54) is 0 Å². The molecule has 138 valence electrons. The number of anilines is 2. The average Bonchev–Trinajstić information content (AvgIpc) is 2.70. The van der Waals surface area contributed by atoms with Crippen molar-refractivity contribution in [3.8, 4) is 5.75 Å². The molecular weight excluding hydrogens is 362 g/mol. The maximum atomic E-state index is 12.4. The van der Waals surface area contributed by atoms with Crippen molar-refractivity contribution >= 4 is 28.9 Å². The number of benzene rings is 2. The minimum absolute atomic E-state index is 0.190. The number of pyridine rings is 1. The second kappa shape index (κ2) is 8.56. The van der Waals surface area contributed by atoms with Crippen LogP contribution in [-0.4, -0.2) is 18.0 Å². The molecule has 0 unspecified atom stereocenters. The minimum atomic E-state index is -0.190. The fourth-order valence-corrected chi connectivity index (χ4v) is 2.73. The summed E-state index contributed by atoms with van der Waals surface area (Å²) in [5.41, 5.74) is 4.00. The molecule has 2 aromatic carbocycles. The minimum Gasteiger partial charge on any atom is -0.497 e. The lowest BCUT2D eigenvalue weighted by Gasteiger charge is -2.11. The zero-order valence-electron chi connectivity index (χ0n) is 15.1. The number of carbonyl (C=O) groups is 1. The van der Waals surface area contributed by atoms with E-state index in [0.717, 1.165) is 28.3 Å². The molecule has 0 atom stereocenters. The van der Waals surface area contributed by atoms with Gasteiger partial charge >= 0.3 is 0 Å². The predicted molar refractivity (Wildman–Crippen MR) is 108 cm³/mol. The van der Waals surface area contributed by atoms with E-state index in [2.05, 4.69) is 15.6 Å². The number of nitrogens with zero attached hydrogens (tertiary/aromatic N) is 1. The lowest BCUT2D eigenvalue weighted by atomic mass is 10.2. The highest BCUT2D eigenvalue weighted by Gasteiger charge is 2.08. The van der Waals surface area contributed by atoms with Crippen LogP contribution in [0.5, 0.6) is 5.75 Å². The quantitative estimate of drug-likeness (QED) is 0.648. The number of carbonyl (C=O) groups excluding carboxylic acids is 1. The third-order valence-corrected chi connectivity index (χ3v) is 4.57. The third-order valence-electron chi connectivity index (χ3n) is 4.16. The number of nitrogens with one attached hydrogen (secondary N) is 2. The van der Waals surface area contributed by atoms with E-state index >= 15 is 0 Å². The van der Waals surface area contributed by atoms with Crippen LogP contribution in [0, 0.1) is 6.92 Å². The number of ether oxygens (including phenoxy) is 1. The van der Waals surface area contributed by atoms with Crippen molar-refractivity contribution in [1.29, 1.82) is 0 Å². The molecule has 0 saturated carbocycles. The van der Waals surface area contributed by atoms with Gasteiger partial charge in [-0.15, -0.1) is 0 Å². The van der Waals surface area contributed by atoms with E-state index < -0.39 is 0 Å². The van der Waals surface area contributed by atoms with Crippen molar-refractivity contribution in [2.75, 3.05) is 12.4 Å². The van der Waals surface area contributed by atoms with E-state index in [1.807, 2.05) is 49.4 Å². The Morgan fingerprint density at radius 3 is 2.67 bits per heavy atom. The van der Waals surface area contributed by atoms with Gasteiger partial charge in [0.05, 0.1) is 24.6 Å². The van der Waals surface area contributed by atoms with Gasteiger partial charge in [-0.3, -0.25) is 9.78 Å². The fourth-order valence-electron chi connectivity index (χ4n) is 2.56. The summed E-state index contributed by atoms with van der Waals surface area (Å²) in [5, 5.41) is 6.83. The Balaban J connectivity index is 1.67. The summed E-state index contributed by atoms with van der Waals surface area (Å²) in [7, 11) is 1.62. The van der Waals surface area contributed by atoms with Crippen LogP contribution in [-0.2, 0) is 6.54 Å². The highest BCUT2D eigenvalue weighted by atomic mass is 35.5. The molecule has 6 heteroatoms. The van der Waals surface area contributed by atoms with Crippen molar-refractivity contribution < 1.29 is 9.53 Å². The highest BCUT2D eigenvalue weighted by molar-refractivity contribution is 6.31. The zero-order valence-corrected chi connectivity index (χ0v) is 15.9. The van der Waals surface area contributed by atoms with E-state index in [0.29, 0.717) is 17.1 Å². The molecule has 1 aromatic heterocycles. The van der Waals surface area contributed by atoms with Gasteiger partial charge in [-0.25, -0.2) is 0 Å². The van der Waals surface area contributed by atoms with Gasteiger partial charge in [0.25, 0.3) is 5.91 Å². The van der Waals surface area contributed by atoms with E-state index in [1.54, 1.807) is 25.6 Å². The number of rotatable bonds is 6. The summed E-state index contributed by atoms with van der Waals surface area (Å²) < 4.78 is 5.13. The molecule has 2 N–H and O–H groups in total. The standard InChI is InChI=1S/C21H20ClN3O2/c1-14-19(22)4-3-5-20(14)25-17-10-16(12-23-13-17)21(26)24-11-15-6-8-18(27-2)9-7-15/h3-10,12-13,25H,11H2,1-2H3,(H,24,26). The first-order chi connectivity index (χ1) is 13.1. The largest absolute Gasteiger partial charge is 0.497 e. The first kappa shape index (κ1) is 18.7. The van der Waals surface area contributed by atoms with Gasteiger partial charge in [0.15, 0.2) is 0 Å². The molecule has 3 aromatic rings.